The molecule has 1 heterocycles. The number of benzene rings is 1. The van der Waals surface area contributed by atoms with E-state index in [0.29, 0.717) is 5.75 Å². The minimum atomic E-state index is -0.853. The number of carboxylic acids is 1. The quantitative estimate of drug-likeness (QED) is 0.777. The van der Waals surface area contributed by atoms with Crippen molar-refractivity contribution in [2.45, 2.75) is 25.3 Å². The van der Waals surface area contributed by atoms with Gasteiger partial charge in [0.2, 0.25) is 0 Å². The number of nitrogens with one attached hydrogen (secondary N) is 1. The van der Waals surface area contributed by atoms with Gasteiger partial charge in [0.25, 0.3) is 0 Å². The number of phenolic OH excluding ortho intramolecular Hbond substituents is 1. The summed E-state index contributed by atoms with van der Waals surface area (Å²) in [6, 6.07) is 1.31. The predicted octanol–water partition coefficient (Wildman–Crippen LogP) is 2.56. The molecule has 3 N–H and O–H groups in total. The summed E-state index contributed by atoms with van der Waals surface area (Å²) in [6.45, 7) is 3.74. The Bertz CT molecular complexity index is 480. The highest BCUT2D eigenvalue weighted by atomic mass is 79.9. The van der Waals surface area contributed by atoms with Gasteiger partial charge in [-0.05, 0) is 31.0 Å². The van der Waals surface area contributed by atoms with E-state index in [1.54, 1.807) is 0 Å². The van der Waals surface area contributed by atoms with Crippen molar-refractivity contribution in [2.24, 2.45) is 0 Å². The second-order valence-corrected chi connectivity index (χ2v) is 6.33. The highest BCUT2D eigenvalue weighted by molar-refractivity contribution is 9.10. The van der Waals surface area contributed by atoms with Crippen LogP contribution in [0.3, 0.4) is 0 Å². The van der Waals surface area contributed by atoms with Crippen LogP contribution < -0.4 is 5.32 Å². The number of aryl methyl sites for hydroxylation is 1. The van der Waals surface area contributed by atoms with Gasteiger partial charge in [0.05, 0.1) is 5.37 Å². The Kier molecular flexibility index (Phi) is 3.89. The summed E-state index contributed by atoms with van der Waals surface area (Å²) in [4.78, 5) is 10.9. The molecule has 18 heavy (non-hydrogen) atoms. The molecular weight excluding hydrogens is 318 g/mol. The Labute approximate surface area is 118 Å². The second kappa shape index (κ2) is 5.11. The molecule has 0 aromatic heterocycles. The zero-order valence-electron chi connectivity index (χ0n) is 10.0. The van der Waals surface area contributed by atoms with Gasteiger partial charge >= 0.3 is 5.97 Å². The van der Waals surface area contributed by atoms with Crippen LogP contribution in [0.2, 0.25) is 0 Å². The van der Waals surface area contributed by atoms with Gasteiger partial charge in [0.1, 0.15) is 11.8 Å². The van der Waals surface area contributed by atoms with Gasteiger partial charge in [-0.2, -0.15) is 0 Å². The average Bonchev–Trinajstić information content (AvgIpc) is 2.76. The molecule has 98 valence electrons. The molecule has 1 aliphatic rings. The van der Waals surface area contributed by atoms with Crippen molar-refractivity contribution in [3.8, 4) is 5.75 Å². The number of thioether (sulfide) groups is 1. The largest absolute Gasteiger partial charge is 0.507 e. The molecule has 1 fully saturated rings. The minimum absolute atomic E-state index is 0.178. The Morgan fingerprint density at radius 1 is 1.56 bits per heavy atom. The molecular formula is C12H14BrNO3S. The smallest absolute Gasteiger partial charge is 0.321 e. The summed E-state index contributed by atoms with van der Waals surface area (Å²) >= 11 is 4.96. The normalized spacial score (nSPS) is 23.3. The molecule has 0 bridgehead atoms. The predicted molar refractivity (Wildman–Crippen MR) is 75.0 cm³/mol. The summed E-state index contributed by atoms with van der Waals surface area (Å²) in [5.74, 6) is -0.106. The van der Waals surface area contributed by atoms with Crippen molar-refractivity contribution in [1.82, 2.24) is 5.32 Å². The van der Waals surface area contributed by atoms with Crippen LogP contribution in [0.4, 0.5) is 0 Å². The number of aromatic hydroxyl groups is 1. The summed E-state index contributed by atoms with van der Waals surface area (Å²) in [6.07, 6.45) is 0. The van der Waals surface area contributed by atoms with Gasteiger partial charge < -0.3 is 10.2 Å². The first-order valence-electron chi connectivity index (χ1n) is 5.50. The maximum atomic E-state index is 10.9. The number of phenols is 1. The highest BCUT2D eigenvalue weighted by Crippen LogP contribution is 2.42. The lowest BCUT2D eigenvalue weighted by Crippen LogP contribution is -2.33. The lowest BCUT2D eigenvalue weighted by molar-refractivity contribution is -0.138. The van der Waals surface area contributed by atoms with E-state index in [-0.39, 0.29) is 11.1 Å². The monoisotopic (exact) mass is 331 g/mol. The molecule has 0 aliphatic carbocycles. The Balaban J connectivity index is 2.38. The van der Waals surface area contributed by atoms with Crippen LogP contribution in [0, 0.1) is 13.8 Å². The molecule has 4 nitrogen and oxygen atoms in total. The zero-order chi connectivity index (χ0) is 13.4. The maximum Gasteiger partial charge on any atom is 0.321 e. The number of carbonyl (C=O) groups is 1. The van der Waals surface area contributed by atoms with Crippen molar-refractivity contribution in [3.63, 3.8) is 0 Å². The fourth-order valence-corrected chi connectivity index (χ4v) is 3.88. The lowest BCUT2D eigenvalue weighted by atomic mass is 10.0. The number of aliphatic carboxylic acids is 1. The molecule has 2 atom stereocenters. The molecule has 1 aromatic carbocycles. The van der Waals surface area contributed by atoms with E-state index in [1.165, 1.54) is 11.8 Å². The van der Waals surface area contributed by atoms with Gasteiger partial charge in [-0.15, -0.1) is 11.8 Å². The van der Waals surface area contributed by atoms with E-state index in [1.807, 2.05) is 19.9 Å². The molecule has 1 aromatic rings. The number of hydrogen-bond donors (Lipinski definition) is 3. The molecule has 0 saturated carbocycles. The maximum absolute atomic E-state index is 10.9. The molecule has 0 radical (unpaired) electrons. The first-order valence-corrected chi connectivity index (χ1v) is 7.35. The highest BCUT2D eigenvalue weighted by Gasteiger charge is 2.33. The van der Waals surface area contributed by atoms with Gasteiger partial charge in [-0.3, -0.25) is 10.1 Å². The van der Waals surface area contributed by atoms with Gasteiger partial charge in [0.15, 0.2) is 0 Å². The first-order chi connectivity index (χ1) is 8.41. The number of halogens is 1. The molecule has 1 aliphatic heterocycles. The number of rotatable bonds is 2. The SMILES string of the molecule is Cc1cc(Br)c(C)c(C2NC(C(=O)O)CS2)c1O. The van der Waals surface area contributed by atoms with Crippen LogP contribution in [0.15, 0.2) is 10.5 Å². The molecule has 0 spiro atoms. The standard InChI is InChI=1S/C12H14BrNO3S/c1-5-3-7(13)6(2)9(10(5)15)11-14-8(4-18-11)12(16)17/h3,8,11,14-15H,4H2,1-2H3,(H,16,17). The fourth-order valence-electron chi connectivity index (χ4n) is 1.99. The van der Waals surface area contributed by atoms with E-state index >= 15 is 0 Å². The summed E-state index contributed by atoms with van der Waals surface area (Å²) < 4.78 is 0.925. The van der Waals surface area contributed by atoms with E-state index in [4.69, 9.17) is 5.11 Å². The van der Waals surface area contributed by atoms with Crippen molar-refractivity contribution in [2.75, 3.05) is 5.75 Å². The first kappa shape index (κ1) is 13.7. The van der Waals surface area contributed by atoms with Crippen molar-refractivity contribution < 1.29 is 15.0 Å². The molecule has 2 rings (SSSR count). The van der Waals surface area contributed by atoms with Crippen molar-refractivity contribution >= 4 is 33.7 Å². The third-order valence-electron chi connectivity index (χ3n) is 3.08. The zero-order valence-corrected chi connectivity index (χ0v) is 12.4. The Morgan fingerprint density at radius 3 is 2.78 bits per heavy atom. The van der Waals surface area contributed by atoms with Crippen LogP contribution in [-0.2, 0) is 4.79 Å². The van der Waals surface area contributed by atoms with Crippen molar-refractivity contribution in [3.05, 3.63) is 27.2 Å². The van der Waals surface area contributed by atoms with E-state index < -0.39 is 12.0 Å². The topological polar surface area (TPSA) is 69.6 Å². The second-order valence-electron chi connectivity index (χ2n) is 4.33. The fraction of sp³-hybridized carbons (Fsp3) is 0.417. The van der Waals surface area contributed by atoms with E-state index in [0.717, 1.165) is 21.2 Å². The third-order valence-corrected chi connectivity index (χ3v) is 5.13. The van der Waals surface area contributed by atoms with Crippen LogP contribution in [-0.4, -0.2) is 28.0 Å². The van der Waals surface area contributed by atoms with Crippen LogP contribution in [0.25, 0.3) is 0 Å². The van der Waals surface area contributed by atoms with E-state index in [2.05, 4.69) is 21.2 Å². The van der Waals surface area contributed by atoms with Crippen LogP contribution in [0.1, 0.15) is 22.1 Å². The Hall–Kier alpha value is -0.720. The summed E-state index contributed by atoms with van der Waals surface area (Å²) in [5.41, 5.74) is 2.49. The van der Waals surface area contributed by atoms with Crippen LogP contribution >= 0.6 is 27.7 Å². The number of hydrogen-bond acceptors (Lipinski definition) is 4. The van der Waals surface area contributed by atoms with Gasteiger partial charge in [-0.1, -0.05) is 15.9 Å². The molecule has 2 unspecified atom stereocenters. The average molecular weight is 332 g/mol. The molecule has 0 amide bonds. The van der Waals surface area contributed by atoms with Crippen LogP contribution in [0.5, 0.6) is 5.75 Å². The summed E-state index contributed by atoms with van der Waals surface area (Å²) in [5, 5.41) is 22.0. The van der Waals surface area contributed by atoms with Gasteiger partial charge in [0, 0.05) is 15.8 Å². The lowest BCUT2D eigenvalue weighted by Gasteiger charge is -2.18. The number of carboxylic acid groups (broad SMARTS) is 1. The molecule has 1 saturated heterocycles. The summed E-state index contributed by atoms with van der Waals surface area (Å²) in [7, 11) is 0. The van der Waals surface area contributed by atoms with Crippen molar-refractivity contribution in [1.29, 1.82) is 0 Å². The van der Waals surface area contributed by atoms with Gasteiger partial charge in [-0.25, -0.2) is 0 Å². The minimum Gasteiger partial charge on any atom is -0.507 e. The Morgan fingerprint density at radius 2 is 2.22 bits per heavy atom. The third kappa shape index (κ3) is 2.37. The molecule has 6 heteroatoms. The van der Waals surface area contributed by atoms with E-state index in [9.17, 15) is 9.90 Å².